The lowest BCUT2D eigenvalue weighted by atomic mass is 10.1. The summed E-state index contributed by atoms with van der Waals surface area (Å²) in [6.07, 6.45) is 2.62. The van der Waals surface area contributed by atoms with Crippen molar-refractivity contribution in [1.82, 2.24) is 5.32 Å². The zero-order valence-corrected chi connectivity index (χ0v) is 18.3. The number of furan rings is 1. The van der Waals surface area contributed by atoms with E-state index in [0.717, 1.165) is 12.1 Å². The van der Waals surface area contributed by atoms with Crippen molar-refractivity contribution in [3.63, 3.8) is 0 Å². The fraction of sp³-hybridized carbons (Fsp3) is 0.174. The smallest absolute Gasteiger partial charge is 0.270 e. The summed E-state index contributed by atoms with van der Waals surface area (Å²) in [5, 5.41) is 17.3. The van der Waals surface area contributed by atoms with Gasteiger partial charge in [-0.05, 0) is 42.3 Å². The van der Waals surface area contributed by atoms with Gasteiger partial charge in [0.15, 0.2) is 5.50 Å². The second-order valence-corrected chi connectivity index (χ2v) is 8.17. The number of hydrogen-bond donors (Lipinski definition) is 2. The van der Waals surface area contributed by atoms with Crippen LogP contribution in [0.1, 0.15) is 18.2 Å². The zero-order valence-electron chi connectivity index (χ0n) is 17.5. The standard InChI is InChI=1S/C23H21N3O5S/c1-3-14-4-6-15(7-5-14)24-23-25-22(27)21(32-23)13-17-9-11-20(31-17)18-12-16(26(28)29)8-10-19(18)30-2/h4-13,23-24H,3H2,1-2H3,(H,25,27)/b21-13-/t23-/m0/s1. The Hall–Kier alpha value is -3.72. The van der Waals surface area contributed by atoms with Crippen molar-refractivity contribution in [3.05, 3.63) is 80.9 Å². The van der Waals surface area contributed by atoms with Crippen LogP contribution in [0.2, 0.25) is 0 Å². The molecular weight excluding hydrogens is 430 g/mol. The van der Waals surface area contributed by atoms with Gasteiger partial charge in [-0.2, -0.15) is 0 Å². The Balaban J connectivity index is 1.51. The number of nitrogens with zero attached hydrogens (tertiary/aromatic N) is 1. The summed E-state index contributed by atoms with van der Waals surface area (Å²) in [7, 11) is 1.49. The number of nitro benzene ring substituents is 1. The molecular formula is C23H21N3O5S. The molecule has 8 nitrogen and oxygen atoms in total. The zero-order chi connectivity index (χ0) is 22.7. The number of thioether (sulfide) groups is 1. The Bertz CT molecular complexity index is 1190. The van der Waals surface area contributed by atoms with Gasteiger partial charge < -0.3 is 19.8 Å². The fourth-order valence-corrected chi connectivity index (χ4v) is 4.22. The topological polar surface area (TPSA) is 107 Å². The van der Waals surface area contributed by atoms with E-state index >= 15 is 0 Å². The summed E-state index contributed by atoms with van der Waals surface area (Å²) >= 11 is 1.35. The minimum absolute atomic E-state index is 0.0660. The number of benzene rings is 2. The van der Waals surface area contributed by atoms with Gasteiger partial charge in [0.1, 0.15) is 17.3 Å². The first-order valence-electron chi connectivity index (χ1n) is 9.94. The third-order valence-electron chi connectivity index (χ3n) is 4.95. The normalized spacial score (nSPS) is 16.8. The lowest BCUT2D eigenvalue weighted by Gasteiger charge is -2.12. The van der Waals surface area contributed by atoms with Gasteiger partial charge in [-0.3, -0.25) is 14.9 Å². The quantitative estimate of drug-likeness (QED) is 0.295. The summed E-state index contributed by atoms with van der Waals surface area (Å²) in [6, 6.07) is 15.8. The molecule has 1 fully saturated rings. The molecule has 0 radical (unpaired) electrons. The molecule has 1 aliphatic rings. The maximum atomic E-state index is 12.4. The lowest BCUT2D eigenvalue weighted by Crippen LogP contribution is -2.30. The predicted octanol–water partition coefficient (Wildman–Crippen LogP) is 5.03. The SMILES string of the molecule is CCc1ccc(N[C@H]2NC(=O)/C(=C/c3ccc(-c4cc([N+](=O)[O-])ccc4OC)o3)S2)cc1. The molecule has 0 bridgehead atoms. The van der Waals surface area contributed by atoms with Gasteiger partial charge in [0, 0.05) is 23.9 Å². The van der Waals surface area contributed by atoms with Crippen molar-refractivity contribution in [3.8, 4) is 17.1 Å². The van der Waals surface area contributed by atoms with Crippen LogP contribution < -0.4 is 15.4 Å². The number of nitro groups is 1. The molecule has 2 heterocycles. The van der Waals surface area contributed by atoms with E-state index in [9.17, 15) is 14.9 Å². The fourth-order valence-electron chi connectivity index (χ4n) is 3.26. The van der Waals surface area contributed by atoms with Crippen molar-refractivity contribution in [2.75, 3.05) is 12.4 Å². The molecule has 1 atom stereocenters. The monoisotopic (exact) mass is 451 g/mol. The molecule has 4 rings (SSSR count). The highest BCUT2D eigenvalue weighted by atomic mass is 32.2. The number of carbonyl (C=O) groups is 1. The Labute approximate surface area is 188 Å². The first kappa shape index (κ1) is 21.5. The van der Waals surface area contributed by atoms with E-state index in [1.807, 2.05) is 24.3 Å². The van der Waals surface area contributed by atoms with Crippen LogP contribution in [-0.4, -0.2) is 23.4 Å². The summed E-state index contributed by atoms with van der Waals surface area (Å²) in [5.41, 5.74) is 2.26. The molecule has 164 valence electrons. The van der Waals surface area contributed by atoms with E-state index in [-0.39, 0.29) is 17.1 Å². The van der Waals surface area contributed by atoms with Crippen molar-refractivity contribution in [2.45, 2.75) is 18.8 Å². The molecule has 0 spiro atoms. The van der Waals surface area contributed by atoms with E-state index in [1.165, 1.54) is 42.6 Å². The first-order valence-corrected chi connectivity index (χ1v) is 10.8. The molecule has 9 heteroatoms. The number of non-ortho nitro benzene ring substituents is 1. The summed E-state index contributed by atoms with van der Waals surface area (Å²) in [4.78, 5) is 23.5. The largest absolute Gasteiger partial charge is 0.496 e. The van der Waals surface area contributed by atoms with Gasteiger partial charge in [-0.15, -0.1) is 0 Å². The van der Waals surface area contributed by atoms with Crippen LogP contribution in [-0.2, 0) is 11.2 Å². The Kier molecular flexibility index (Phi) is 6.18. The number of carbonyl (C=O) groups excluding carboxylic acids is 1. The van der Waals surface area contributed by atoms with Gasteiger partial charge >= 0.3 is 0 Å². The van der Waals surface area contributed by atoms with Gasteiger partial charge in [-0.25, -0.2) is 0 Å². The number of hydrogen-bond acceptors (Lipinski definition) is 7. The molecule has 1 saturated heterocycles. The molecule has 0 aliphatic carbocycles. The predicted molar refractivity (Wildman–Crippen MR) is 124 cm³/mol. The van der Waals surface area contributed by atoms with Crippen LogP contribution in [0.5, 0.6) is 5.75 Å². The second kappa shape index (κ2) is 9.19. The van der Waals surface area contributed by atoms with Crippen molar-refractivity contribution < 1.29 is 18.9 Å². The maximum absolute atomic E-state index is 12.4. The van der Waals surface area contributed by atoms with Gasteiger partial charge in [-0.1, -0.05) is 30.8 Å². The molecule has 1 aliphatic heterocycles. The molecule has 32 heavy (non-hydrogen) atoms. The number of nitrogens with one attached hydrogen (secondary N) is 2. The molecule has 3 aromatic rings. The summed E-state index contributed by atoms with van der Waals surface area (Å²) in [5.74, 6) is 1.12. The van der Waals surface area contributed by atoms with Gasteiger partial charge in [0.25, 0.3) is 11.6 Å². The van der Waals surface area contributed by atoms with E-state index < -0.39 is 4.92 Å². The Morgan fingerprint density at radius 1 is 1.22 bits per heavy atom. The van der Waals surface area contributed by atoms with Crippen LogP contribution in [0.3, 0.4) is 0 Å². The van der Waals surface area contributed by atoms with Crippen molar-refractivity contribution >= 4 is 35.1 Å². The number of ether oxygens (including phenoxy) is 1. The lowest BCUT2D eigenvalue weighted by molar-refractivity contribution is -0.384. The van der Waals surface area contributed by atoms with Crippen LogP contribution in [0.25, 0.3) is 17.4 Å². The Morgan fingerprint density at radius 2 is 2.00 bits per heavy atom. The van der Waals surface area contributed by atoms with Crippen LogP contribution >= 0.6 is 11.8 Å². The first-order chi connectivity index (χ1) is 15.5. The highest BCUT2D eigenvalue weighted by Crippen LogP contribution is 2.36. The van der Waals surface area contributed by atoms with Crippen LogP contribution in [0.4, 0.5) is 11.4 Å². The van der Waals surface area contributed by atoms with Gasteiger partial charge in [0.2, 0.25) is 0 Å². The van der Waals surface area contributed by atoms with E-state index in [1.54, 1.807) is 18.2 Å². The number of aryl methyl sites for hydroxylation is 1. The molecule has 0 saturated carbocycles. The minimum Gasteiger partial charge on any atom is -0.496 e. The van der Waals surface area contributed by atoms with Crippen molar-refractivity contribution in [2.24, 2.45) is 0 Å². The number of amides is 1. The van der Waals surface area contributed by atoms with E-state index in [4.69, 9.17) is 9.15 Å². The van der Waals surface area contributed by atoms with Crippen molar-refractivity contribution in [1.29, 1.82) is 0 Å². The second-order valence-electron chi connectivity index (χ2n) is 7.02. The molecule has 1 amide bonds. The highest BCUT2D eigenvalue weighted by molar-refractivity contribution is 8.05. The van der Waals surface area contributed by atoms with Gasteiger partial charge in [0.05, 0.1) is 22.5 Å². The third-order valence-corrected chi connectivity index (χ3v) is 5.98. The molecule has 2 N–H and O–H groups in total. The molecule has 0 unspecified atom stereocenters. The molecule has 1 aromatic heterocycles. The summed E-state index contributed by atoms with van der Waals surface area (Å²) in [6.45, 7) is 2.10. The van der Waals surface area contributed by atoms with E-state index in [0.29, 0.717) is 27.7 Å². The Morgan fingerprint density at radius 3 is 2.69 bits per heavy atom. The number of rotatable bonds is 7. The number of methoxy groups -OCH3 is 1. The third kappa shape index (κ3) is 4.62. The van der Waals surface area contributed by atoms with E-state index in [2.05, 4.69) is 17.6 Å². The average Bonchev–Trinajstić information content (AvgIpc) is 3.40. The summed E-state index contributed by atoms with van der Waals surface area (Å²) < 4.78 is 11.1. The average molecular weight is 452 g/mol. The highest BCUT2D eigenvalue weighted by Gasteiger charge is 2.27. The minimum atomic E-state index is -0.475. The number of anilines is 1. The maximum Gasteiger partial charge on any atom is 0.270 e. The van der Waals surface area contributed by atoms with Crippen LogP contribution in [0.15, 0.2) is 63.9 Å². The van der Waals surface area contributed by atoms with Crippen LogP contribution in [0, 0.1) is 10.1 Å². The molecule has 2 aromatic carbocycles.